The van der Waals surface area contributed by atoms with Gasteiger partial charge in [-0.15, -0.1) is 11.8 Å². The summed E-state index contributed by atoms with van der Waals surface area (Å²) in [6.45, 7) is 6.54. The van der Waals surface area contributed by atoms with E-state index in [0.717, 1.165) is 11.3 Å². The maximum atomic E-state index is 12.0. The van der Waals surface area contributed by atoms with Gasteiger partial charge in [0.25, 0.3) is 0 Å². The molecule has 8 heteroatoms. The number of nitrogens with one attached hydrogen (secondary N) is 2. The Morgan fingerprint density at radius 1 is 1.11 bits per heavy atom. The molecule has 0 heterocycles. The predicted molar refractivity (Wildman–Crippen MR) is 109 cm³/mol. The number of carbonyl (C=O) groups excluding carboxylic acids is 1. The van der Waals surface area contributed by atoms with Crippen molar-refractivity contribution in [3.8, 4) is 0 Å². The molecule has 2 aromatic rings. The summed E-state index contributed by atoms with van der Waals surface area (Å²) in [6.07, 6.45) is 0. The van der Waals surface area contributed by atoms with E-state index in [-0.39, 0.29) is 17.0 Å². The Morgan fingerprint density at radius 3 is 2.37 bits per heavy atom. The van der Waals surface area contributed by atoms with E-state index in [1.54, 1.807) is 23.9 Å². The van der Waals surface area contributed by atoms with Gasteiger partial charge in [0.2, 0.25) is 10.0 Å². The zero-order valence-corrected chi connectivity index (χ0v) is 17.3. The largest absolute Gasteiger partial charge is 0.337 e. The van der Waals surface area contributed by atoms with Crippen LogP contribution >= 0.6 is 11.8 Å². The lowest BCUT2D eigenvalue weighted by Gasteiger charge is -2.15. The molecule has 27 heavy (non-hydrogen) atoms. The lowest BCUT2D eigenvalue weighted by atomic mass is 10.1. The van der Waals surface area contributed by atoms with Crippen molar-refractivity contribution in [1.82, 2.24) is 10.6 Å². The van der Waals surface area contributed by atoms with Gasteiger partial charge in [-0.05, 0) is 61.7 Å². The molecule has 0 fully saturated rings. The van der Waals surface area contributed by atoms with Crippen molar-refractivity contribution in [1.29, 1.82) is 0 Å². The summed E-state index contributed by atoms with van der Waals surface area (Å²) in [4.78, 5) is 13.2. The molecule has 4 N–H and O–H groups in total. The average molecular weight is 408 g/mol. The van der Waals surface area contributed by atoms with Crippen molar-refractivity contribution in [2.75, 3.05) is 12.3 Å². The van der Waals surface area contributed by atoms with Gasteiger partial charge in [0, 0.05) is 17.2 Å². The summed E-state index contributed by atoms with van der Waals surface area (Å²) in [6, 6.07) is 11.9. The van der Waals surface area contributed by atoms with Gasteiger partial charge in [0.05, 0.1) is 10.9 Å². The van der Waals surface area contributed by atoms with Crippen molar-refractivity contribution in [2.45, 2.75) is 36.6 Å². The molecule has 0 aliphatic carbocycles. The van der Waals surface area contributed by atoms with E-state index in [1.165, 1.54) is 28.2 Å². The minimum Gasteiger partial charge on any atom is -0.337 e. The number of urea groups is 1. The van der Waals surface area contributed by atoms with E-state index in [9.17, 15) is 13.2 Å². The molecule has 146 valence electrons. The SMILES string of the molecule is Cc1ccc(SCCNC(=O)N[C@H](C)c2ccc(S(N)(=O)=O)cc2)cc1C. The van der Waals surface area contributed by atoms with Crippen LogP contribution in [0.5, 0.6) is 0 Å². The lowest BCUT2D eigenvalue weighted by Crippen LogP contribution is -2.38. The van der Waals surface area contributed by atoms with E-state index >= 15 is 0 Å². The minimum atomic E-state index is -3.71. The Bertz CT molecular complexity index is 897. The molecule has 0 aromatic heterocycles. The molecule has 0 aliphatic heterocycles. The van der Waals surface area contributed by atoms with Gasteiger partial charge >= 0.3 is 6.03 Å². The highest BCUT2D eigenvalue weighted by atomic mass is 32.2. The number of aryl methyl sites for hydroxylation is 2. The number of benzene rings is 2. The Morgan fingerprint density at radius 2 is 1.78 bits per heavy atom. The molecule has 0 bridgehead atoms. The number of thioether (sulfide) groups is 1. The molecule has 0 saturated carbocycles. The van der Waals surface area contributed by atoms with Gasteiger partial charge in [-0.1, -0.05) is 18.2 Å². The third-order valence-corrected chi connectivity index (χ3v) is 6.12. The molecular weight excluding hydrogens is 382 g/mol. The molecule has 0 saturated heterocycles. The van der Waals surface area contributed by atoms with Crippen LogP contribution in [0.25, 0.3) is 0 Å². The summed E-state index contributed by atoms with van der Waals surface area (Å²) in [7, 11) is -3.71. The van der Waals surface area contributed by atoms with Gasteiger partial charge in [-0.2, -0.15) is 0 Å². The topological polar surface area (TPSA) is 101 Å². The van der Waals surface area contributed by atoms with Crippen molar-refractivity contribution in [2.24, 2.45) is 5.14 Å². The molecule has 2 rings (SSSR count). The van der Waals surface area contributed by atoms with Crippen LogP contribution in [0.4, 0.5) is 4.79 Å². The normalized spacial score (nSPS) is 12.4. The van der Waals surface area contributed by atoms with E-state index in [1.807, 2.05) is 6.92 Å². The molecule has 2 aromatic carbocycles. The zero-order valence-electron chi connectivity index (χ0n) is 15.7. The van der Waals surface area contributed by atoms with Crippen molar-refractivity contribution < 1.29 is 13.2 Å². The molecule has 1 atom stereocenters. The van der Waals surface area contributed by atoms with Crippen molar-refractivity contribution in [3.05, 3.63) is 59.2 Å². The number of sulfonamides is 1. The molecule has 2 amide bonds. The second-order valence-electron chi connectivity index (χ2n) is 6.33. The van der Waals surface area contributed by atoms with Crippen LogP contribution in [0.1, 0.15) is 29.7 Å². The Balaban J connectivity index is 1.77. The molecule has 0 unspecified atom stereocenters. The molecule has 0 aliphatic rings. The van der Waals surface area contributed by atoms with Crippen LogP contribution in [0.2, 0.25) is 0 Å². The summed E-state index contributed by atoms with van der Waals surface area (Å²) < 4.78 is 22.5. The summed E-state index contributed by atoms with van der Waals surface area (Å²) in [5.41, 5.74) is 3.32. The highest BCUT2D eigenvalue weighted by Gasteiger charge is 2.12. The first kappa shape index (κ1) is 21.3. The first-order valence-corrected chi connectivity index (χ1v) is 11.1. The molecule has 6 nitrogen and oxygen atoms in total. The fraction of sp³-hybridized carbons (Fsp3) is 0.316. The highest BCUT2D eigenvalue weighted by molar-refractivity contribution is 7.99. The van der Waals surface area contributed by atoms with Gasteiger partial charge in [0.1, 0.15) is 0 Å². The smallest absolute Gasteiger partial charge is 0.315 e. The van der Waals surface area contributed by atoms with Gasteiger partial charge in [0.15, 0.2) is 0 Å². The number of rotatable bonds is 7. The molecular formula is C19H25N3O3S2. The summed E-state index contributed by atoms with van der Waals surface area (Å²) in [5.74, 6) is 0.771. The second-order valence-corrected chi connectivity index (χ2v) is 9.06. The monoisotopic (exact) mass is 407 g/mol. The molecule has 0 spiro atoms. The fourth-order valence-corrected chi connectivity index (χ4v) is 3.79. The van der Waals surface area contributed by atoms with E-state index < -0.39 is 10.0 Å². The van der Waals surface area contributed by atoms with Crippen LogP contribution in [-0.4, -0.2) is 26.7 Å². The number of hydrogen-bond donors (Lipinski definition) is 3. The van der Waals surface area contributed by atoms with Crippen LogP contribution in [0.3, 0.4) is 0 Å². The van der Waals surface area contributed by atoms with Crippen molar-refractivity contribution >= 4 is 27.8 Å². The first-order chi connectivity index (χ1) is 12.7. The number of hydrogen-bond acceptors (Lipinski definition) is 4. The van der Waals surface area contributed by atoms with Gasteiger partial charge < -0.3 is 10.6 Å². The van der Waals surface area contributed by atoms with Gasteiger partial charge in [-0.25, -0.2) is 18.4 Å². The second kappa shape index (κ2) is 9.25. The Hall–Kier alpha value is -2.03. The predicted octanol–water partition coefficient (Wildman–Crippen LogP) is 3.10. The number of nitrogens with two attached hydrogens (primary N) is 1. The molecule has 0 radical (unpaired) electrons. The number of carbonyl (C=O) groups is 1. The quantitative estimate of drug-likeness (QED) is 0.485. The van der Waals surface area contributed by atoms with Crippen molar-refractivity contribution in [3.63, 3.8) is 0 Å². The number of amides is 2. The van der Waals surface area contributed by atoms with Crippen LogP contribution in [0, 0.1) is 13.8 Å². The van der Waals surface area contributed by atoms with E-state index in [0.29, 0.717) is 6.54 Å². The number of primary sulfonamides is 1. The van der Waals surface area contributed by atoms with Crippen LogP contribution < -0.4 is 15.8 Å². The fourth-order valence-electron chi connectivity index (χ4n) is 2.41. The third-order valence-electron chi connectivity index (χ3n) is 4.19. The third kappa shape index (κ3) is 6.57. The highest BCUT2D eigenvalue weighted by Crippen LogP contribution is 2.20. The Labute approximate surface area is 165 Å². The minimum absolute atomic E-state index is 0.0475. The van der Waals surface area contributed by atoms with Crippen LogP contribution in [0.15, 0.2) is 52.3 Å². The van der Waals surface area contributed by atoms with Gasteiger partial charge in [-0.3, -0.25) is 0 Å². The lowest BCUT2D eigenvalue weighted by molar-refractivity contribution is 0.238. The first-order valence-electron chi connectivity index (χ1n) is 8.54. The maximum Gasteiger partial charge on any atom is 0.315 e. The van der Waals surface area contributed by atoms with E-state index in [4.69, 9.17) is 5.14 Å². The maximum absolute atomic E-state index is 12.0. The van der Waals surface area contributed by atoms with E-state index in [2.05, 4.69) is 42.7 Å². The summed E-state index contributed by atoms with van der Waals surface area (Å²) in [5, 5.41) is 10.7. The van der Waals surface area contributed by atoms with Crippen LogP contribution in [-0.2, 0) is 10.0 Å². The summed E-state index contributed by atoms with van der Waals surface area (Å²) >= 11 is 1.69. The Kier molecular flexibility index (Phi) is 7.29. The zero-order chi connectivity index (χ0) is 20.0. The average Bonchev–Trinajstić information content (AvgIpc) is 2.61. The standard InChI is InChI=1S/C19H25N3O3S2/c1-13-4-7-17(12-14(13)2)26-11-10-21-19(23)22-15(3)16-5-8-18(9-6-16)27(20,24)25/h4-9,12,15H,10-11H2,1-3H3,(H2,20,24,25)(H2,21,22,23)/t15-/m1/s1.